The Morgan fingerprint density at radius 2 is 1.94 bits per heavy atom. The van der Waals surface area contributed by atoms with E-state index in [0.29, 0.717) is 0 Å². The molecule has 31 heavy (non-hydrogen) atoms. The van der Waals surface area contributed by atoms with Crippen molar-refractivity contribution in [2.75, 3.05) is 0 Å². The highest BCUT2D eigenvalue weighted by atomic mass is 32.1. The summed E-state index contributed by atoms with van der Waals surface area (Å²) in [6.07, 6.45) is 7.17. The predicted molar refractivity (Wildman–Crippen MR) is 128 cm³/mol. The van der Waals surface area contributed by atoms with E-state index in [4.69, 9.17) is 4.98 Å². The lowest BCUT2D eigenvalue weighted by atomic mass is 9.60. The maximum atomic E-state index is 11.6. The fourth-order valence-corrected chi connectivity index (χ4v) is 6.76. The molecule has 2 aliphatic rings. The summed E-state index contributed by atoms with van der Waals surface area (Å²) in [5.74, 6) is 0.196. The summed E-state index contributed by atoms with van der Waals surface area (Å²) in [6.45, 7) is 3.23. The molecule has 1 aliphatic carbocycles. The largest absolute Gasteiger partial charge is 0.388 e. The van der Waals surface area contributed by atoms with Gasteiger partial charge in [0.25, 0.3) is 0 Å². The molecule has 1 unspecified atom stereocenters. The third kappa shape index (κ3) is 2.93. The maximum absolute atomic E-state index is 11.6. The highest BCUT2D eigenvalue weighted by molar-refractivity contribution is 7.17. The third-order valence-electron chi connectivity index (χ3n) is 7.46. The minimum atomic E-state index is -0.455. The number of hydrogen-bond acceptors (Lipinski definition) is 3. The van der Waals surface area contributed by atoms with Crippen molar-refractivity contribution in [2.24, 2.45) is 11.3 Å². The van der Waals surface area contributed by atoms with Gasteiger partial charge in [-0.05, 0) is 53.7 Å². The molecule has 156 valence electrons. The van der Waals surface area contributed by atoms with Gasteiger partial charge in [0.05, 0.1) is 23.8 Å². The van der Waals surface area contributed by atoms with Crippen LogP contribution in [-0.4, -0.2) is 14.7 Å². The van der Waals surface area contributed by atoms with Crippen LogP contribution in [0.2, 0.25) is 0 Å². The first kappa shape index (κ1) is 19.0. The van der Waals surface area contributed by atoms with Gasteiger partial charge in [-0.1, -0.05) is 61.0 Å². The average Bonchev–Trinajstić information content (AvgIpc) is 3.41. The maximum Gasteiger partial charge on any atom is 0.0958 e. The van der Waals surface area contributed by atoms with Crippen LogP contribution in [0.5, 0.6) is 0 Å². The number of aliphatic hydroxyl groups is 1. The molecule has 0 bridgehead atoms. The van der Waals surface area contributed by atoms with Crippen LogP contribution >= 0.6 is 11.3 Å². The Morgan fingerprint density at radius 3 is 2.81 bits per heavy atom. The van der Waals surface area contributed by atoms with E-state index >= 15 is 0 Å². The molecule has 3 heterocycles. The van der Waals surface area contributed by atoms with Crippen LogP contribution in [0, 0.1) is 11.3 Å². The number of hydrogen-bond donors (Lipinski definition) is 1. The summed E-state index contributed by atoms with van der Waals surface area (Å²) < 4.78 is 3.55. The van der Waals surface area contributed by atoms with E-state index in [2.05, 4.69) is 71.5 Å². The van der Waals surface area contributed by atoms with E-state index in [1.54, 1.807) is 11.3 Å². The van der Waals surface area contributed by atoms with E-state index < -0.39 is 6.10 Å². The summed E-state index contributed by atoms with van der Waals surface area (Å²) in [5, 5.41) is 15.0. The van der Waals surface area contributed by atoms with Crippen LogP contribution in [0.15, 0.2) is 71.9 Å². The second kappa shape index (κ2) is 7.18. The number of imidazole rings is 1. The minimum absolute atomic E-state index is 0.0671. The van der Waals surface area contributed by atoms with Gasteiger partial charge in [-0.2, -0.15) is 0 Å². The number of nitrogens with zero attached hydrogens (tertiary/aromatic N) is 2. The monoisotopic (exact) mass is 426 g/mol. The molecule has 2 aromatic heterocycles. The smallest absolute Gasteiger partial charge is 0.0958 e. The van der Waals surface area contributed by atoms with E-state index in [1.807, 2.05) is 12.4 Å². The standard InChI is InChI=1S/C27H26N2OS/c1-27-16-29-17-28-25(18-8-3-2-4-9-18)23(29)14-19(27)10-7-12-22(27)26(30)21-15-31-24-13-6-5-11-20(21)24/h2-6,8-9,11,13-15,17,22,26,30H,7,10,12,16H2,1H3/t22?,26-,27-/m0/s1. The predicted octanol–water partition coefficient (Wildman–Crippen LogP) is 6.70. The fourth-order valence-electron chi connectivity index (χ4n) is 5.77. The summed E-state index contributed by atoms with van der Waals surface area (Å²) in [7, 11) is 0. The van der Waals surface area contributed by atoms with Gasteiger partial charge < -0.3 is 9.67 Å². The lowest BCUT2D eigenvalue weighted by molar-refractivity contribution is 0.0134. The minimum Gasteiger partial charge on any atom is -0.388 e. The van der Waals surface area contributed by atoms with Gasteiger partial charge in [0.1, 0.15) is 0 Å². The molecule has 6 rings (SSSR count). The number of benzene rings is 2. The Morgan fingerprint density at radius 1 is 1.13 bits per heavy atom. The SMILES string of the molecule is C[C@]12Cn3cnc(-c4ccccc4)c3C=C1CCCC2[C@@H](O)c1csc2ccccc12. The number of rotatable bonds is 3. The zero-order valence-corrected chi connectivity index (χ0v) is 18.5. The van der Waals surface area contributed by atoms with Crippen LogP contribution in [0.25, 0.3) is 27.4 Å². The van der Waals surface area contributed by atoms with Gasteiger partial charge in [-0.25, -0.2) is 4.98 Å². The number of aliphatic hydroxyl groups excluding tert-OH is 1. The van der Waals surface area contributed by atoms with E-state index in [9.17, 15) is 5.11 Å². The summed E-state index contributed by atoms with van der Waals surface area (Å²) >= 11 is 1.73. The van der Waals surface area contributed by atoms with Crippen molar-refractivity contribution >= 4 is 27.5 Å². The van der Waals surface area contributed by atoms with Crippen molar-refractivity contribution in [3.8, 4) is 11.3 Å². The molecule has 3 atom stereocenters. The van der Waals surface area contributed by atoms with Gasteiger partial charge in [-0.15, -0.1) is 11.3 Å². The summed E-state index contributed by atoms with van der Waals surface area (Å²) in [6, 6.07) is 18.9. The Labute approximate surface area is 186 Å². The molecule has 1 fully saturated rings. The molecule has 2 aromatic carbocycles. The summed E-state index contributed by atoms with van der Waals surface area (Å²) in [5.41, 5.74) is 5.91. The molecule has 3 nitrogen and oxygen atoms in total. The van der Waals surface area contributed by atoms with Gasteiger partial charge in [0, 0.05) is 22.2 Å². The van der Waals surface area contributed by atoms with E-state index in [-0.39, 0.29) is 11.3 Å². The first-order valence-corrected chi connectivity index (χ1v) is 12.0. The fraction of sp³-hybridized carbons (Fsp3) is 0.296. The van der Waals surface area contributed by atoms with Crippen LogP contribution in [-0.2, 0) is 6.54 Å². The first-order chi connectivity index (χ1) is 15.1. The molecular formula is C27H26N2OS. The Bertz CT molecular complexity index is 1290. The lowest BCUT2D eigenvalue weighted by Crippen LogP contribution is -2.42. The molecule has 1 aliphatic heterocycles. The summed E-state index contributed by atoms with van der Waals surface area (Å²) in [4.78, 5) is 4.78. The van der Waals surface area contributed by atoms with E-state index in [1.165, 1.54) is 21.4 Å². The molecule has 0 spiro atoms. The highest BCUT2D eigenvalue weighted by Crippen LogP contribution is 2.54. The van der Waals surface area contributed by atoms with Crippen LogP contribution in [0.1, 0.15) is 43.5 Å². The van der Waals surface area contributed by atoms with Gasteiger partial charge in [-0.3, -0.25) is 0 Å². The van der Waals surface area contributed by atoms with Crippen molar-refractivity contribution < 1.29 is 5.11 Å². The van der Waals surface area contributed by atoms with Crippen molar-refractivity contribution in [2.45, 2.75) is 38.8 Å². The number of allylic oxidation sites excluding steroid dienone is 1. The quantitative estimate of drug-likeness (QED) is 0.396. The second-order valence-electron chi connectivity index (χ2n) is 9.19. The highest BCUT2D eigenvalue weighted by Gasteiger charge is 2.46. The van der Waals surface area contributed by atoms with Crippen molar-refractivity contribution in [3.05, 3.63) is 83.1 Å². The third-order valence-corrected chi connectivity index (χ3v) is 8.44. The first-order valence-electron chi connectivity index (χ1n) is 11.1. The molecule has 1 N–H and O–H groups in total. The van der Waals surface area contributed by atoms with E-state index in [0.717, 1.165) is 42.6 Å². The van der Waals surface area contributed by atoms with Crippen molar-refractivity contribution in [3.63, 3.8) is 0 Å². The van der Waals surface area contributed by atoms with Crippen molar-refractivity contribution in [1.29, 1.82) is 0 Å². The Balaban J connectivity index is 1.40. The normalized spacial score (nSPS) is 23.8. The van der Waals surface area contributed by atoms with Crippen LogP contribution in [0.3, 0.4) is 0 Å². The van der Waals surface area contributed by atoms with Gasteiger partial charge in [0.15, 0.2) is 0 Å². The Hall–Kier alpha value is -2.69. The zero-order chi connectivity index (χ0) is 21.0. The van der Waals surface area contributed by atoms with Crippen LogP contribution < -0.4 is 0 Å². The molecule has 4 aromatic rings. The molecule has 0 amide bonds. The number of aromatic nitrogens is 2. The Kier molecular flexibility index (Phi) is 4.41. The lowest BCUT2D eigenvalue weighted by Gasteiger charge is -2.48. The molecule has 1 saturated carbocycles. The number of fused-ring (bicyclic) bond motifs is 3. The number of thiophene rings is 1. The van der Waals surface area contributed by atoms with Gasteiger partial charge in [0.2, 0.25) is 0 Å². The van der Waals surface area contributed by atoms with Gasteiger partial charge >= 0.3 is 0 Å². The molecular weight excluding hydrogens is 400 g/mol. The van der Waals surface area contributed by atoms with Crippen molar-refractivity contribution in [1.82, 2.24) is 9.55 Å². The molecule has 0 saturated heterocycles. The topological polar surface area (TPSA) is 38.0 Å². The average molecular weight is 427 g/mol. The van der Waals surface area contributed by atoms with Crippen LogP contribution in [0.4, 0.5) is 0 Å². The zero-order valence-electron chi connectivity index (χ0n) is 17.7. The molecule has 0 radical (unpaired) electrons. The molecule has 4 heteroatoms. The second-order valence-corrected chi connectivity index (χ2v) is 10.1.